The number of carbonyl (C=O) groups is 1. The molecule has 1 amide bonds. The Morgan fingerprint density at radius 2 is 1.89 bits per heavy atom. The molecular weight excluding hydrogens is 398 g/mol. The standard InChI is InChI=1S/C20H31N3O3S.ClH/c1-17(18-7-5-10-21-16-18)15-20(24)22-11-6-12-23(14-13-22)27(25,26)19-8-3-2-4-9-19;/h2-4,8-9,17-18,21H,5-7,10-16H2,1H3;1H. The van der Waals surface area contributed by atoms with Crippen molar-refractivity contribution in [3.8, 4) is 0 Å². The van der Waals surface area contributed by atoms with Crippen molar-refractivity contribution in [3.63, 3.8) is 0 Å². The average Bonchev–Trinajstić information content (AvgIpc) is 2.96. The Hall–Kier alpha value is -1.15. The van der Waals surface area contributed by atoms with Crippen molar-refractivity contribution in [3.05, 3.63) is 30.3 Å². The Kier molecular flexibility index (Phi) is 8.74. The summed E-state index contributed by atoms with van der Waals surface area (Å²) < 4.78 is 27.2. The van der Waals surface area contributed by atoms with E-state index in [0.29, 0.717) is 55.8 Å². The van der Waals surface area contributed by atoms with E-state index in [9.17, 15) is 13.2 Å². The summed E-state index contributed by atoms with van der Waals surface area (Å²) in [5.74, 6) is 1.08. The monoisotopic (exact) mass is 429 g/mol. The topological polar surface area (TPSA) is 69.7 Å². The fraction of sp³-hybridized carbons (Fsp3) is 0.650. The number of benzene rings is 1. The van der Waals surface area contributed by atoms with E-state index in [1.54, 1.807) is 24.3 Å². The van der Waals surface area contributed by atoms with Crippen LogP contribution in [0.5, 0.6) is 0 Å². The summed E-state index contributed by atoms with van der Waals surface area (Å²) in [6.45, 7) is 6.17. The molecule has 2 saturated heterocycles. The van der Waals surface area contributed by atoms with E-state index < -0.39 is 10.0 Å². The van der Waals surface area contributed by atoms with Crippen LogP contribution in [0.25, 0.3) is 0 Å². The van der Waals surface area contributed by atoms with Gasteiger partial charge < -0.3 is 10.2 Å². The number of nitrogens with one attached hydrogen (secondary N) is 1. The van der Waals surface area contributed by atoms with Crippen LogP contribution in [0.3, 0.4) is 0 Å². The van der Waals surface area contributed by atoms with E-state index in [1.807, 2.05) is 11.0 Å². The third kappa shape index (κ3) is 5.69. The number of rotatable bonds is 5. The second kappa shape index (κ2) is 10.6. The zero-order valence-electron chi connectivity index (χ0n) is 16.5. The Morgan fingerprint density at radius 1 is 1.14 bits per heavy atom. The smallest absolute Gasteiger partial charge is 0.243 e. The van der Waals surface area contributed by atoms with Gasteiger partial charge >= 0.3 is 0 Å². The number of amides is 1. The van der Waals surface area contributed by atoms with E-state index in [4.69, 9.17) is 0 Å². The van der Waals surface area contributed by atoms with Gasteiger partial charge in [-0.1, -0.05) is 25.1 Å². The molecule has 6 nitrogen and oxygen atoms in total. The summed E-state index contributed by atoms with van der Waals surface area (Å²) in [7, 11) is -3.49. The van der Waals surface area contributed by atoms with Gasteiger partial charge in [0.2, 0.25) is 15.9 Å². The molecule has 0 aliphatic carbocycles. The molecule has 3 rings (SSSR count). The van der Waals surface area contributed by atoms with Gasteiger partial charge in [0.05, 0.1) is 4.90 Å². The normalized spacial score (nSPS) is 22.8. The summed E-state index contributed by atoms with van der Waals surface area (Å²) >= 11 is 0. The maximum absolute atomic E-state index is 12.8. The Balaban J connectivity index is 0.00000280. The summed E-state index contributed by atoms with van der Waals surface area (Å²) in [6.07, 6.45) is 3.60. The molecular formula is C20H32ClN3O3S. The largest absolute Gasteiger partial charge is 0.341 e. The lowest BCUT2D eigenvalue weighted by atomic mass is 9.85. The van der Waals surface area contributed by atoms with Crippen molar-refractivity contribution < 1.29 is 13.2 Å². The highest BCUT2D eigenvalue weighted by molar-refractivity contribution is 7.89. The summed E-state index contributed by atoms with van der Waals surface area (Å²) in [6, 6.07) is 8.54. The van der Waals surface area contributed by atoms with Crippen molar-refractivity contribution in [2.45, 2.75) is 37.5 Å². The molecule has 0 bridgehead atoms. The number of piperidine rings is 1. The Labute approximate surface area is 175 Å². The van der Waals surface area contributed by atoms with Gasteiger partial charge in [0.25, 0.3) is 0 Å². The molecule has 28 heavy (non-hydrogen) atoms. The molecule has 0 saturated carbocycles. The lowest BCUT2D eigenvalue weighted by Crippen LogP contribution is -2.39. The molecule has 2 fully saturated rings. The van der Waals surface area contributed by atoms with Gasteiger partial charge in [0, 0.05) is 32.6 Å². The minimum atomic E-state index is -3.49. The molecule has 0 spiro atoms. The SMILES string of the molecule is CC(CC(=O)N1CCCN(S(=O)(=O)c2ccccc2)CC1)C1CCCNC1.Cl. The third-order valence-corrected chi connectivity index (χ3v) is 7.74. The Morgan fingerprint density at radius 3 is 2.57 bits per heavy atom. The molecule has 0 aromatic heterocycles. The first kappa shape index (κ1) is 23.1. The molecule has 8 heteroatoms. The number of nitrogens with zero attached hydrogens (tertiary/aromatic N) is 2. The van der Waals surface area contributed by atoms with Crippen LogP contribution < -0.4 is 5.32 Å². The minimum absolute atomic E-state index is 0. The van der Waals surface area contributed by atoms with E-state index >= 15 is 0 Å². The number of hydrogen-bond acceptors (Lipinski definition) is 4. The van der Waals surface area contributed by atoms with Crippen molar-refractivity contribution >= 4 is 28.3 Å². The van der Waals surface area contributed by atoms with Crippen LogP contribution >= 0.6 is 12.4 Å². The molecule has 2 heterocycles. The van der Waals surface area contributed by atoms with Crippen LogP contribution in [0.2, 0.25) is 0 Å². The molecule has 2 atom stereocenters. The van der Waals surface area contributed by atoms with Gasteiger partial charge in [-0.05, 0) is 56.3 Å². The van der Waals surface area contributed by atoms with Crippen molar-refractivity contribution in [2.24, 2.45) is 11.8 Å². The number of halogens is 1. The number of sulfonamides is 1. The molecule has 158 valence electrons. The quantitative estimate of drug-likeness (QED) is 0.780. The van der Waals surface area contributed by atoms with Gasteiger partial charge in [-0.25, -0.2) is 8.42 Å². The lowest BCUT2D eigenvalue weighted by molar-refractivity contribution is -0.132. The van der Waals surface area contributed by atoms with E-state index in [1.165, 1.54) is 17.1 Å². The van der Waals surface area contributed by atoms with E-state index in [-0.39, 0.29) is 18.3 Å². The first-order valence-electron chi connectivity index (χ1n) is 10.0. The van der Waals surface area contributed by atoms with Gasteiger partial charge in [0.1, 0.15) is 0 Å². The van der Waals surface area contributed by atoms with Crippen LogP contribution in [0, 0.1) is 11.8 Å². The van der Waals surface area contributed by atoms with E-state index in [0.717, 1.165) is 13.1 Å². The Bertz CT molecular complexity index is 723. The predicted molar refractivity (Wildman–Crippen MR) is 113 cm³/mol. The number of hydrogen-bond donors (Lipinski definition) is 1. The molecule has 2 unspecified atom stereocenters. The summed E-state index contributed by atoms with van der Waals surface area (Å²) in [4.78, 5) is 14.9. The van der Waals surface area contributed by atoms with Gasteiger partial charge in [-0.2, -0.15) is 4.31 Å². The second-order valence-corrected chi connectivity index (χ2v) is 9.68. The van der Waals surface area contributed by atoms with Crippen LogP contribution in [-0.4, -0.2) is 62.8 Å². The first-order chi connectivity index (χ1) is 13.0. The maximum Gasteiger partial charge on any atom is 0.243 e. The van der Waals surface area contributed by atoms with Crippen molar-refractivity contribution in [1.29, 1.82) is 0 Å². The maximum atomic E-state index is 12.8. The molecule has 1 N–H and O–H groups in total. The highest BCUT2D eigenvalue weighted by atomic mass is 35.5. The zero-order valence-corrected chi connectivity index (χ0v) is 18.2. The van der Waals surface area contributed by atoms with Crippen LogP contribution in [0.15, 0.2) is 35.2 Å². The van der Waals surface area contributed by atoms with E-state index in [2.05, 4.69) is 12.2 Å². The van der Waals surface area contributed by atoms with Crippen LogP contribution in [0.4, 0.5) is 0 Å². The average molecular weight is 430 g/mol. The molecule has 0 radical (unpaired) electrons. The van der Waals surface area contributed by atoms with Gasteiger partial charge in [0.15, 0.2) is 0 Å². The van der Waals surface area contributed by atoms with Crippen LogP contribution in [0.1, 0.15) is 32.6 Å². The lowest BCUT2D eigenvalue weighted by Gasteiger charge is -2.30. The van der Waals surface area contributed by atoms with Gasteiger partial charge in [-0.15, -0.1) is 12.4 Å². The molecule has 2 aliphatic rings. The van der Waals surface area contributed by atoms with Gasteiger partial charge in [-0.3, -0.25) is 4.79 Å². The first-order valence-corrected chi connectivity index (χ1v) is 11.5. The van der Waals surface area contributed by atoms with Crippen molar-refractivity contribution in [2.75, 3.05) is 39.3 Å². The fourth-order valence-corrected chi connectivity index (χ4v) is 5.55. The molecule has 1 aromatic carbocycles. The molecule has 2 aliphatic heterocycles. The zero-order chi connectivity index (χ0) is 19.3. The molecule has 1 aromatic rings. The fourth-order valence-electron chi connectivity index (χ4n) is 4.06. The highest BCUT2D eigenvalue weighted by Gasteiger charge is 2.29. The summed E-state index contributed by atoms with van der Waals surface area (Å²) in [5.41, 5.74) is 0. The second-order valence-electron chi connectivity index (χ2n) is 7.74. The minimum Gasteiger partial charge on any atom is -0.341 e. The highest BCUT2D eigenvalue weighted by Crippen LogP contribution is 2.24. The predicted octanol–water partition coefficient (Wildman–Crippen LogP) is 2.36. The van der Waals surface area contributed by atoms with Crippen molar-refractivity contribution in [1.82, 2.24) is 14.5 Å². The van der Waals surface area contributed by atoms with Crippen LogP contribution in [-0.2, 0) is 14.8 Å². The summed E-state index contributed by atoms with van der Waals surface area (Å²) in [5, 5.41) is 3.42. The number of carbonyl (C=O) groups excluding carboxylic acids is 1. The third-order valence-electron chi connectivity index (χ3n) is 5.82.